The van der Waals surface area contributed by atoms with Gasteiger partial charge in [0, 0.05) is 11.0 Å². The number of nitrogens with two attached hydrogens (primary N) is 1. The summed E-state index contributed by atoms with van der Waals surface area (Å²) in [5.41, 5.74) is 2.47. The Bertz CT molecular complexity index is 533. The molecule has 1 aromatic heterocycles. The van der Waals surface area contributed by atoms with Crippen molar-refractivity contribution in [3.05, 3.63) is 42.0 Å². The second kappa shape index (κ2) is 5.11. The molecule has 0 aliphatic rings. The van der Waals surface area contributed by atoms with E-state index in [2.05, 4.69) is 15.4 Å². The van der Waals surface area contributed by atoms with Crippen LogP contribution in [0.5, 0.6) is 0 Å². The molecular formula is C11H11FN4S. The fourth-order valence-corrected chi connectivity index (χ4v) is 2.23. The number of hydrazine groups is 1. The summed E-state index contributed by atoms with van der Waals surface area (Å²) in [4.78, 5) is 9.10. The minimum Gasteiger partial charge on any atom is -0.308 e. The first-order valence-corrected chi connectivity index (χ1v) is 5.75. The van der Waals surface area contributed by atoms with Gasteiger partial charge in [0.25, 0.3) is 0 Å². The Kier molecular flexibility index (Phi) is 3.55. The Morgan fingerprint density at radius 2 is 2.12 bits per heavy atom. The number of anilines is 1. The van der Waals surface area contributed by atoms with Crippen molar-refractivity contribution in [1.82, 2.24) is 9.97 Å². The van der Waals surface area contributed by atoms with Crippen LogP contribution in [0, 0.1) is 12.7 Å². The molecule has 0 radical (unpaired) electrons. The van der Waals surface area contributed by atoms with Crippen LogP contribution in [-0.4, -0.2) is 9.97 Å². The number of hydrogen-bond donors (Lipinski definition) is 2. The SMILES string of the molecule is Cc1nc(NN)cc(Sc2cccc(F)c2)n1. The standard InChI is InChI=1S/C11H11FN4S/c1-7-14-10(16-13)6-11(15-7)17-9-4-2-3-8(12)5-9/h2-6H,13H2,1H3,(H,14,15,16). The maximum absolute atomic E-state index is 13.0. The predicted molar refractivity (Wildman–Crippen MR) is 65.1 cm³/mol. The molecule has 1 aromatic carbocycles. The monoisotopic (exact) mass is 250 g/mol. The molecule has 0 fully saturated rings. The van der Waals surface area contributed by atoms with E-state index >= 15 is 0 Å². The summed E-state index contributed by atoms with van der Waals surface area (Å²) >= 11 is 1.36. The number of aromatic nitrogens is 2. The summed E-state index contributed by atoms with van der Waals surface area (Å²) in [5, 5.41) is 0.719. The van der Waals surface area contributed by atoms with Gasteiger partial charge in [-0.3, -0.25) is 0 Å². The molecule has 2 aromatic rings. The van der Waals surface area contributed by atoms with Gasteiger partial charge in [0.1, 0.15) is 22.5 Å². The number of benzene rings is 1. The molecule has 2 rings (SSSR count). The molecule has 1 heterocycles. The highest BCUT2D eigenvalue weighted by Gasteiger charge is 2.04. The Morgan fingerprint density at radius 3 is 2.82 bits per heavy atom. The third-order valence-electron chi connectivity index (χ3n) is 1.98. The average molecular weight is 250 g/mol. The fourth-order valence-electron chi connectivity index (χ4n) is 1.32. The van der Waals surface area contributed by atoms with Crippen molar-refractivity contribution >= 4 is 17.6 Å². The van der Waals surface area contributed by atoms with E-state index in [0.717, 1.165) is 9.92 Å². The van der Waals surface area contributed by atoms with Crippen LogP contribution in [0.1, 0.15) is 5.82 Å². The third kappa shape index (κ3) is 3.15. The molecule has 0 atom stereocenters. The van der Waals surface area contributed by atoms with Crippen molar-refractivity contribution in [3.63, 3.8) is 0 Å². The van der Waals surface area contributed by atoms with E-state index in [1.165, 1.54) is 23.9 Å². The van der Waals surface area contributed by atoms with Crippen LogP contribution in [0.4, 0.5) is 10.2 Å². The van der Waals surface area contributed by atoms with Crippen LogP contribution >= 0.6 is 11.8 Å². The summed E-state index contributed by atoms with van der Waals surface area (Å²) in [5.74, 6) is 6.18. The molecule has 17 heavy (non-hydrogen) atoms. The van der Waals surface area contributed by atoms with E-state index in [4.69, 9.17) is 5.84 Å². The van der Waals surface area contributed by atoms with Crippen LogP contribution in [0.25, 0.3) is 0 Å². The van der Waals surface area contributed by atoms with Crippen molar-refractivity contribution in [1.29, 1.82) is 0 Å². The summed E-state index contributed by atoms with van der Waals surface area (Å²) in [6.07, 6.45) is 0. The molecule has 0 saturated carbocycles. The zero-order valence-electron chi connectivity index (χ0n) is 9.14. The molecule has 0 amide bonds. The average Bonchev–Trinajstić information content (AvgIpc) is 2.28. The minimum absolute atomic E-state index is 0.266. The van der Waals surface area contributed by atoms with Gasteiger partial charge in [0.05, 0.1) is 0 Å². The minimum atomic E-state index is -0.266. The molecule has 0 aliphatic heterocycles. The number of hydrogen-bond acceptors (Lipinski definition) is 5. The second-order valence-corrected chi connectivity index (χ2v) is 4.44. The van der Waals surface area contributed by atoms with Gasteiger partial charge in [-0.2, -0.15) is 0 Å². The van der Waals surface area contributed by atoms with E-state index in [1.54, 1.807) is 19.1 Å². The summed E-state index contributed by atoms with van der Waals surface area (Å²) in [7, 11) is 0. The smallest absolute Gasteiger partial charge is 0.144 e. The molecule has 4 nitrogen and oxygen atoms in total. The molecule has 6 heteroatoms. The quantitative estimate of drug-likeness (QED) is 0.497. The van der Waals surface area contributed by atoms with Gasteiger partial charge in [-0.1, -0.05) is 17.8 Å². The van der Waals surface area contributed by atoms with Crippen LogP contribution < -0.4 is 11.3 Å². The van der Waals surface area contributed by atoms with Gasteiger partial charge >= 0.3 is 0 Å². The summed E-state index contributed by atoms with van der Waals surface area (Å²) in [6.45, 7) is 1.77. The van der Waals surface area contributed by atoms with Crippen LogP contribution in [-0.2, 0) is 0 Å². The summed E-state index contributed by atoms with van der Waals surface area (Å²) in [6, 6.07) is 8.05. The van der Waals surface area contributed by atoms with Crippen LogP contribution in [0.15, 0.2) is 40.3 Å². The molecule has 0 unspecified atom stereocenters. The Labute approximate surface area is 102 Å². The van der Waals surface area contributed by atoms with Gasteiger partial charge in [-0.05, 0) is 25.1 Å². The molecule has 3 N–H and O–H groups in total. The lowest BCUT2D eigenvalue weighted by Crippen LogP contribution is -2.09. The first kappa shape index (κ1) is 11.8. The number of halogens is 1. The lowest BCUT2D eigenvalue weighted by molar-refractivity contribution is 0.624. The lowest BCUT2D eigenvalue weighted by atomic mass is 10.4. The normalized spacial score (nSPS) is 10.3. The number of nitrogens with one attached hydrogen (secondary N) is 1. The first-order valence-electron chi connectivity index (χ1n) is 4.93. The van der Waals surface area contributed by atoms with Crippen LogP contribution in [0.2, 0.25) is 0 Å². The fraction of sp³-hybridized carbons (Fsp3) is 0.0909. The maximum Gasteiger partial charge on any atom is 0.144 e. The topological polar surface area (TPSA) is 63.8 Å². The highest BCUT2D eigenvalue weighted by Crippen LogP contribution is 2.27. The van der Waals surface area contributed by atoms with Gasteiger partial charge in [-0.25, -0.2) is 20.2 Å². The van der Waals surface area contributed by atoms with Crippen molar-refractivity contribution in [2.75, 3.05) is 5.43 Å². The highest BCUT2D eigenvalue weighted by atomic mass is 32.2. The number of aryl methyl sites for hydroxylation is 1. The first-order chi connectivity index (χ1) is 8.17. The largest absolute Gasteiger partial charge is 0.308 e. The molecule has 88 valence electrons. The summed E-state index contributed by atoms with van der Waals surface area (Å²) < 4.78 is 13.0. The zero-order valence-corrected chi connectivity index (χ0v) is 9.96. The van der Waals surface area contributed by atoms with Gasteiger partial charge in [0.15, 0.2) is 0 Å². The van der Waals surface area contributed by atoms with E-state index in [0.29, 0.717) is 11.6 Å². The van der Waals surface area contributed by atoms with Crippen molar-refractivity contribution in [2.24, 2.45) is 5.84 Å². The third-order valence-corrected chi connectivity index (χ3v) is 2.89. The van der Waals surface area contributed by atoms with E-state index in [-0.39, 0.29) is 5.82 Å². The predicted octanol–water partition coefficient (Wildman–Crippen LogP) is 2.36. The maximum atomic E-state index is 13.0. The zero-order chi connectivity index (χ0) is 12.3. The van der Waals surface area contributed by atoms with Crippen LogP contribution in [0.3, 0.4) is 0 Å². The van der Waals surface area contributed by atoms with Gasteiger partial charge in [0.2, 0.25) is 0 Å². The van der Waals surface area contributed by atoms with Gasteiger partial charge < -0.3 is 5.43 Å². The lowest BCUT2D eigenvalue weighted by Gasteiger charge is -2.05. The molecule has 0 aliphatic carbocycles. The molecular weight excluding hydrogens is 239 g/mol. The Morgan fingerprint density at radius 1 is 1.29 bits per heavy atom. The van der Waals surface area contributed by atoms with Gasteiger partial charge in [-0.15, -0.1) is 0 Å². The van der Waals surface area contributed by atoms with E-state index < -0.39 is 0 Å². The second-order valence-electron chi connectivity index (χ2n) is 3.34. The molecule has 0 bridgehead atoms. The molecule has 0 saturated heterocycles. The van der Waals surface area contributed by atoms with E-state index in [1.807, 2.05) is 6.07 Å². The van der Waals surface area contributed by atoms with Crippen molar-refractivity contribution < 1.29 is 4.39 Å². The molecule has 0 spiro atoms. The van der Waals surface area contributed by atoms with Crippen molar-refractivity contribution in [2.45, 2.75) is 16.8 Å². The number of nitrogen functional groups attached to an aromatic ring is 1. The van der Waals surface area contributed by atoms with Crippen molar-refractivity contribution in [3.8, 4) is 0 Å². The Balaban J connectivity index is 2.26. The number of rotatable bonds is 3. The highest BCUT2D eigenvalue weighted by molar-refractivity contribution is 7.99. The van der Waals surface area contributed by atoms with E-state index in [9.17, 15) is 4.39 Å². The number of nitrogens with zero attached hydrogens (tertiary/aromatic N) is 2. The Hall–Kier alpha value is -1.66.